The van der Waals surface area contributed by atoms with Gasteiger partial charge in [0.1, 0.15) is 0 Å². The molecule has 246 valence electrons. The van der Waals surface area contributed by atoms with E-state index in [0.717, 1.165) is 18.7 Å². The lowest BCUT2D eigenvalue weighted by Gasteiger charge is -2.31. The maximum Gasteiger partial charge on any atom is 0.217 e. The average Bonchev–Trinajstić information content (AvgIpc) is 2.82. The summed E-state index contributed by atoms with van der Waals surface area (Å²) in [6.45, 7) is 6.28. The topological polar surface area (TPSA) is 133 Å². The van der Waals surface area contributed by atoms with Crippen LogP contribution in [0.25, 0.3) is 0 Å². The van der Waals surface area contributed by atoms with Gasteiger partial charge in [0.25, 0.3) is 0 Å². The molecule has 0 aliphatic heterocycles. The first-order valence-electron chi connectivity index (χ1n) is 15.0. The molecule has 0 rings (SSSR count). The van der Waals surface area contributed by atoms with Crippen molar-refractivity contribution in [1.29, 1.82) is 0 Å². The van der Waals surface area contributed by atoms with Gasteiger partial charge in [-0.3, -0.25) is 8.37 Å². The third kappa shape index (κ3) is 47.4. The van der Waals surface area contributed by atoms with Crippen molar-refractivity contribution in [3.05, 3.63) is 0 Å². The molecule has 0 amide bonds. The first-order chi connectivity index (χ1) is 18.4. The molecular weight excluding hydrogens is 556 g/mol. The quantitative estimate of drug-likeness (QED) is 0.0623. The second-order valence-electron chi connectivity index (χ2n) is 12.2. The van der Waals surface area contributed by atoms with E-state index in [-0.39, 0.29) is 0 Å². The highest BCUT2D eigenvalue weighted by molar-refractivity contribution is 7.81. The van der Waals surface area contributed by atoms with Crippen molar-refractivity contribution in [3.63, 3.8) is 0 Å². The van der Waals surface area contributed by atoms with Crippen LogP contribution in [-0.4, -0.2) is 104 Å². The smallest absolute Gasteiger partial charge is 0.217 e. The second kappa shape index (κ2) is 26.3. The van der Waals surface area contributed by atoms with Gasteiger partial charge < -0.3 is 18.1 Å². The van der Waals surface area contributed by atoms with Crippen molar-refractivity contribution in [2.24, 2.45) is 0 Å². The largest absolute Gasteiger partial charge is 0.726 e. The zero-order chi connectivity index (χ0) is 31.6. The Bertz CT molecular complexity index is 721. The third-order valence-electron chi connectivity index (χ3n) is 6.62. The Hall–Kier alpha value is -0.340. The van der Waals surface area contributed by atoms with Crippen molar-refractivity contribution in [3.8, 4) is 0 Å². The minimum atomic E-state index is -4.41. The van der Waals surface area contributed by atoms with Crippen LogP contribution in [-0.2, 0) is 29.2 Å². The lowest BCUT2D eigenvalue weighted by atomic mass is 10.0. The molecule has 0 saturated carbocycles. The van der Waals surface area contributed by atoms with Crippen LogP contribution >= 0.6 is 0 Å². The number of nitrogens with zero attached hydrogens (tertiary/aromatic N) is 2. The van der Waals surface area contributed by atoms with Gasteiger partial charge in [-0.25, -0.2) is 16.8 Å². The summed E-state index contributed by atoms with van der Waals surface area (Å²) in [5, 5.41) is 0. The molecule has 0 aromatic carbocycles. The fraction of sp³-hybridized carbons (Fsp3) is 1.00. The number of rotatable bonds is 23. The Morgan fingerprint density at radius 3 is 0.975 bits per heavy atom. The Labute approximate surface area is 248 Å². The normalized spacial score (nSPS) is 12.3. The number of hydrogen-bond acceptors (Lipinski definition) is 8. The average molecular weight is 621 g/mol. The molecule has 0 aromatic rings. The minimum Gasteiger partial charge on any atom is -0.726 e. The molecule has 12 heteroatoms. The summed E-state index contributed by atoms with van der Waals surface area (Å²) in [6.07, 6.45) is 24.7. The molecule has 0 bridgehead atoms. The number of hydrogen-bond donors (Lipinski definition) is 0. The molecule has 0 fully saturated rings. The van der Waals surface area contributed by atoms with Crippen LogP contribution < -0.4 is 0 Å². The molecule has 0 aliphatic rings. The van der Waals surface area contributed by atoms with Gasteiger partial charge >= 0.3 is 0 Å². The Balaban J connectivity index is -0.000000941. The first-order valence-corrected chi connectivity index (χ1v) is 17.7. The second-order valence-corrected chi connectivity index (χ2v) is 14.5. The van der Waals surface area contributed by atoms with Crippen LogP contribution in [0.3, 0.4) is 0 Å². The predicted molar refractivity (Wildman–Crippen MR) is 162 cm³/mol. The monoisotopic (exact) mass is 620 g/mol. The SMILES string of the molecule is CCCCCCCCCCCCCCCCCC[N+](C)(C)CCC[N+](C)(C)C.COS(=O)(=O)[O-].COS(=O)(=O)[O-]. The molecule has 0 aliphatic carbocycles. The lowest BCUT2D eigenvalue weighted by molar-refractivity contribution is -0.902. The van der Waals surface area contributed by atoms with Crippen LogP contribution in [0, 0.1) is 0 Å². The zero-order valence-corrected chi connectivity index (χ0v) is 28.8. The fourth-order valence-corrected chi connectivity index (χ4v) is 4.17. The highest BCUT2D eigenvalue weighted by atomic mass is 32.3. The standard InChI is InChI=1S/C26H58N2.2CH4O4S/c1-7-8-9-10-11-12-13-14-15-16-17-18-19-20-21-22-25-28(5,6)26-23-24-27(2,3)4;2*1-5-6(2,3)4/h7-26H2,1-6H3;2*1H3,(H,2,3,4)/q+2;;/p-2. The van der Waals surface area contributed by atoms with Gasteiger partial charge in [0.05, 0.1) is 69.1 Å². The molecule has 0 radical (unpaired) electrons. The van der Waals surface area contributed by atoms with Crippen LogP contribution in [0.4, 0.5) is 0 Å². The molecule has 10 nitrogen and oxygen atoms in total. The van der Waals surface area contributed by atoms with Crippen molar-refractivity contribution in [2.45, 2.75) is 116 Å². The number of quaternary nitrogens is 2. The van der Waals surface area contributed by atoms with E-state index in [1.165, 1.54) is 133 Å². The van der Waals surface area contributed by atoms with E-state index in [4.69, 9.17) is 0 Å². The summed E-state index contributed by atoms with van der Waals surface area (Å²) in [7, 11) is 4.53. The van der Waals surface area contributed by atoms with E-state index < -0.39 is 20.8 Å². The summed E-state index contributed by atoms with van der Waals surface area (Å²) in [6, 6.07) is 0. The van der Waals surface area contributed by atoms with Gasteiger partial charge in [-0.05, 0) is 12.8 Å². The highest BCUT2D eigenvalue weighted by Gasteiger charge is 2.16. The first kappa shape index (κ1) is 44.1. The zero-order valence-electron chi connectivity index (χ0n) is 27.1. The van der Waals surface area contributed by atoms with Crippen molar-refractivity contribution in [1.82, 2.24) is 0 Å². The molecule has 0 aromatic heterocycles. The molecule has 40 heavy (non-hydrogen) atoms. The van der Waals surface area contributed by atoms with E-state index in [1.807, 2.05) is 0 Å². The lowest BCUT2D eigenvalue weighted by Crippen LogP contribution is -2.44. The molecule has 0 unspecified atom stereocenters. The third-order valence-corrected chi connectivity index (χ3v) is 7.43. The van der Waals surface area contributed by atoms with Crippen molar-refractivity contribution >= 4 is 20.8 Å². The van der Waals surface area contributed by atoms with E-state index in [2.05, 4.69) is 50.5 Å². The van der Waals surface area contributed by atoms with Gasteiger partial charge in [-0.2, -0.15) is 0 Å². The maximum absolute atomic E-state index is 9.22. The van der Waals surface area contributed by atoms with E-state index in [1.54, 1.807) is 0 Å². The van der Waals surface area contributed by atoms with Crippen molar-refractivity contribution in [2.75, 3.05) is 69.1 Å². The van der Waals surface area contributed by atoms with Crippen molar-refractivity contribution < 1.29 is 43.3 Å². The van der Waals surface area contributed by atoms with E-state index >= 15 is 0 Å². The number of unbranched alkanes of at least 4 members (excludes halogenated alkanes) is 15. The van der Waals surface area contributed by atoms with Crippen LogP contribution in [0.1, 0.15) is 116 Å². The summed E-state index contributed by atoms with van der Waals surface area (Å²) in [5.74, 6) is 0. The van der Waals surface area contributed by atoms with E-state index in [9.17, 15) is 25.9 Å². The van der Waals surface area contributed by atoms with E-state index in [0.29, 0.717) is 0 Å². The summed E-state index contributed by atoms with van der Waals surface area (Å²) in [5.41, 5.74) is 0. The van der Waals surface area contributed by atoms with Crippen LogP contribution in [0.5, 0.6) is 0 Å². The van der Waals surface area contributed by atoms with Crippen LogP contribution in [0.2, 0.25) is 0 Å². The summed E-state index contributed by atoms with van der Waals surface area (Å²) < 4.78 is 64.3. The molecule has 0 spiro atoms. The van der Waals surface area contributed by atoms with Gasteiger partial charge in [-0.15, -0.1) is 0 Å². The van der Waals surface area contributed by atoms with Gasteiger partial charge in [-0.1, -0.05) is 96.8 Å². The summed E-state index contributed by atoms with van der Waals surface area (Å²) >= 11 is 0. The Morgan fingerprint density at radius 1 is 0.475 bits per heavy atom. The van der Waals surface area contributed by atoms with Gasteiger partial charge in [0.15, 0.2) is 0 Å². The minimum absolute atomic E-state index is 0.808. The highest BCUT2D eigenvalue weighted by Crippen LogP contribution is 2.14. The molecule has 0 atom stereocenters. The van der Waals surface area contributed by atoms with Gasteiger partial charge in [0, 0.05) is 6.42 Å². The molecule has 0 N–H and O–H groups in total. The van der Waals surface area contributed by atoms with Crippen LogP contribution in [0.15, 0.2) is 0 Å². The molecule has 0 saturated heterocycles. The predicted octanol–water partition coefficient (Wildman–Crippen LogP) is 5.61. The maximum atomic E-state index is 9.22. The Kier molecular flexibility index (Phi) is 29.0. The van der Waals surface area contributed by atoms with Gasteiger partial charge in [0.2, 0.25) is 20.8 Å². The molecular formula is C28H64N2O8S2. The summed E-state index contributed by atoms with van der Waals surface area (Å²) in [4.78, 5) is 0. The Morgan fingerprint density at radius 2 is 0.725 bits per heavy atom. The fourth-order valence-electron chi connectivity index (χ4n) is 4.17. The molecule has 0 heterocycles.